The van der Waals surface area contributed by atoms with Crippen LogP contribution in [0, 0.1) is 13.8 Å². The molecule has 2 heterocycles. The van der Waals surface area contributed by atoms with E-state index in [0.29, 0.717) is 13.1 Å². The van der Waals surface area contributed by atoms with Crippen LogP contribution in [0.1, 0.15) is 30.3 Å². The minimum atomic E-state index is -0.116. The van der Waals surface area contributed by atoms with Crippen LogP contribution in [0.15, 0.2) is 24.4 Å². The topological polar surface area (TPSA) is 71.8 Å². The number of nitrogens with zero attached hydrogens (tertiary/aromatic N) is 3. The van der Waals surface area contributed by atoms with E-state index < -0.39 is 0 Å². The highest BCUT2D eigenvalue weighted by Crippen LogP contribution is 2.16. The summed E-state index contributed by atoms with van der Waals surface area (Å²) in [5.74, 6) is 0.808. The van der Waals surface area contributed by atoms with Gasteiger partial charge in [0, 0.05) is 25.0 Å². The number of carbonyl (C=O) groups excluding carboxylic acids is 1. The number of carbonyl (C=O) groups is 1. The van der Waals surface area contributed by atoms with Gasteiger partial charge in [-0.2, -0.15) is 5.10 Å². The fraction of sp³-hybridized carbons (Fsp3) is 0.438. The molecule has 0 saturated heterocycles. The van der Waals surface area contributed by atoms with Crippen LogP contribution in [0.25, 0.3) is 5.82 Å². The zero-order valence-electron chi connectivity index (χ0n) is 13.4. The Morgan fingerprint density at radius 2 is 2.00 bits per heavy atom. The van der Waals surface area contributed by atoms with Crippen LogP contribution in [-0.2, 0) is 6.42 Å². The van der Waals surface area contributed by atoms with E-state index in [0.717, 1.165) is 35.6 Å². The number of aryl methyl sites for hydroxylation is 1. The highest BCUT2D eigenvalue weighted by atomic mass is 16.2. The number of nitrogens with one attached hydrogen (secondary N) is 2. The van der Waals surface area contributed by atoms with Crippen molar-refractivity contribution >= 4 is 6.03 Å². The van der Waals surface area contributed by atoms with Crippen LogP contribution >= 0.6 is 0 Å². The first-order valence-corrected chi connectivity index (χ1v) is 7.61. The third-order valence-electron chi connectivity index (χ3n) is 3.50. The largest absolute Gasteiger partial charge is 0.338 e. The number of hydrogen-bond acceptors (Lipinski definition) is 3. The van der Waals surface area contributed by atoms with Crippen molar-refractivity contribution in [2.75, 3.05) is 13.1 Å². The monoisotopic (exact) mass is 301 g/mol. The lowest BCUT2D eigenvalue weighted by Gasteiger charge is -2.07. The molecule has 6 nitrogen and oxygen atoms in total. The summed E-state index contributed by atoms with van der Waals surface area (Å²) in [4.78, 5) is 15.9. The molecule has 0 radical (unpaired) electrons. The Balaban J connectivity index is 2.01. The molecule has 0 aromatic carbocycles. The molecule has 118 valence electrons. The fourth-order valence-electron chi connectivity index (χ4n) is 2.34. The van der Waals surface area contributed by atoms with Gasteiger partial charge in [0.05, 0.1) is 5.69 Å². The van der Waals surface area contributed by atoms with Gasteiger partial charge in [0.2, 0.25) is 0 Å². The summed E-state index contributed by atoms with van der Waals surface area (Å²) in [6.07, 6.45) is 3.44. The van der Waals surface area contributed by atoms with Crippen molar-refractivity contribution in [1.29, 1.82) is 0 Å². The van der Waals surface area contributed by atoms with E-state index in [1.807, 2.05) is 43.7 Å². The number of amides is 2. The quantitative estimate of drug-likeness (QED) is 0.858. The Morgan fingerprint density at radius 1 is 1.23 bits per heavy atom. The molecule has 2 rings (SSSR count). The van der Waals surface area contributed by atoms with Crippen LogP contribution < -0.4 is 10.6 Å². The van der Waals surface area contributed by atoms with Crippen molar-refractivity contribution in [3.8, 4) is 5.82 Å². The molecular formula is C16H23N5O. The number of rotatable bonds is 6. The van der Waals surface area contributed by atoms with Crippen LogP contribution in [0.5, 0.6) is 0 Å². The van der Waals surface area contributed by atoms with Crippen molar-refractivity contribution in [2.45, 2.75) is 33.6 Å². The van der Waals surface area contributed by atoms with Crippen LogP contribution in [0.2, 0.25) is 0 Å². The first kappa shape index (κ1) is 16.0. The van der Waals surface area contributed by atoms with E-state index in [1.165, 1.54) is 0 Å². The molecule has 0 aliphatic heterocycles. The Kier molecular flexibility index (Phi) is 5.52. The molecule has 0 unspecified atom stereocenters. The SMILES string of the molecule is CCCNC(=O)NCCc1c(C)nn(-c2ccccn2)c1C. The summed E-state index contributed by atoms with van der Waals surface area (Å²) < 4.78 is 1.85. The third-order valence-corrected chi connectivity index (χ3v) is 3.50. The van der Waals surface area contributed by atoms with Crippen molar-refractivity contribution in [3.05, 3.63) is 41.3 Å². The highest BCUT2D eigenvalue weighted by Gasteiger charge is 2.13. The standard InChI is InChI=1S/C16H23N5O/c1-4-9-18-16(22)19-11-8-14-12(2)20-21(13(14)3)15-7-5-6-10-17-15/h5-7,10H,4,8-9,11H2,1-3H3,(H2,18,19,22). The maximum atomic E-state index is 11.5. The summed E-state index contributed by atoms with van der Waals surface area (Å²) >= 11 is 0. The van der Waals surface area contributed by atoms with E-state index in [9.17, 15) is 4.79 Å². The first-order valence-electron chi connectivity index (χ1n) is 7.61. The van der Waals surface area contributed by atoms with Gasteiger partial charge in [0.15, 0.2) is 5.82 Å². The second kappa shape index (κ2) is 7.59. The maximum absolute atomic E-state index is 11.5. The molecule has 22 heavy (non-hydrogen) atoms. The third kappa shape index (κ3) is 3.84. The van der Waals surface area contributed by atoms with E-state index in [2.05, 4.69) is 20.7 Å². The van der Waals surface area contributed by atoms with Crippen LogP contribution in [0.4, 0.5) is 4.79 Å². The molecule has 0 saturated carbocycles. The molecule has 0 bridgehead atoms. The highest BCUT2D eigenvalue weighted by molar-refractivity contribution is 5.73. The lowest BCUT2D eigenvalue weighted by Crippen LogP contribution is -2.37. The molecule has 6 heteroatoms. The molecule has 0 atom stereocenters. The smallest absolute Gasteiger partial charge is 0.314 e. The predicted octanol–water partition coefficient (Wildman–Crippen LogP) is 2.14. The molecule has 0 aliphatic rings. The Labute approximate surface area is 130 Å². The molecule has 0 fully saturated rings. The average Bonchev–Trinajstić information content (AvgIpc) is 2.81. The Hall–Kier alpha value is -2.37. The van der Waals surface area contributed by atoms with Crippen molar-refractivity contribution < 1.29 is 4.79 Å². The molecule has 2 N–H and O–H groups in total. The average molecular weight is 301 g/mol. The van der Waals surface area contributed by atoms with Gasteiger partial charge < -0.3 is 10.6 Å². The Morgan fingerprint density at radius 3 is 2.68 bits per heavy atom. The number of pyridine rings is 1. The van der Waals surface area contributed by atoms with Gasteiger partial charge in [0.25, 0.3) is 0 Å². The second-order valence-corrected chi connectivity index (χ2v) is 5.18. The molecule has 2 amide bonds. The normalized spacial score (nSPS) is 10.5. The lowest BCUT2D eigenvalue weighted by atomic mass is 10.1. The van der Waals surface area contributed by atoms with Gasteiger partial charge in [-0.15, -0.1) is 0 Å². The summed E-state index contributed by atoms with van der Waals surface area (Å²) in [5, 5.41) is 10.2. The maximum Gasteiger partial charge on any atom is 0.314 e. The van der Waals surface area contributed by atoms with Crippen LogP contribution in [-0.4, -0.2) is 33.9 Å². The summed E-state index contributed by atoms with van der Waals surface area (Å²) in [5.41, 5.74) is 3.19. The minimum absolute atomic E-state index is 0.116. The number of urea groups is 1. The summed E-state index contributed by atoms with van der Waals surface area (Å²) in [6.45, 7) is 7.33. The predicted molar refractivity (Wildman–Crippen MR) is 86.2 cm³/mol. The number of aromatic nitrogens is 3. The molecule has 0 spiro atoms. The van der Waals surface area contributed by atoms with E-state index in [-0.39, 0.29) is 6.03 Å². The molecular weight excluding hydrogens is 278 g/mol. The zero-order valence-corrected chi connectivity index (χ0v) is 13.4. The lowest BCUT2D eigenvalue weighted by molar-refractivity contribution is 0.241. The van der Waals surface area contributed by atoms with Gasteiger partial charge in [-0.25, -0.2) is 14.5 Å². The molecule has 0 aliphatic carbocycles. The van der Waals surface area contributed by atoms with Crippen molar-refractivity contribution in [3.63, 3.8) is 0 Å². The second-order valence-electron chi connectivity index (χ2n) is 5.18. The first-order chi connectivity index (χ1) is 10.6. The van der Waals surface area contributed by atoms with Crippen molar-refractivity contribution in [1.82, 2.24) is 25.4 Å². The van der Waals surface area contributed by atoms with Gasteiger partial charge in [-0.1, -0.05) is 13.0 Å². The summed E-state index contributed by atoms with van der Waals surface area (Å²) in [6, 6.07) is 5.64. The molecule has 2 aromatic rings. The van der Waals surface area contributed by atoms with Crippen LogP contribution in [0.3, 0.4) is 0 Å². The van der Waals surface area contributed by atoms with E-state index >= 15 is 0 Å². The van der Waals surface area contributed by atoms with Gasteiger partial charge >= 0.3 is 6.03 Å². The minimum Gasteiger partial charge on any atom is -0.338 e. The summed E-state index contributed by atoms with van der Waals surface area (Å²) in [7, 11) is 0. The van der Waals surface area contributed by atoms with Gasteiger partial charge in [-0.3, -0.25) is 0 Å². The van der Waals surface area contributed by atoms with Crippen molar-refractivity contribution in [2.24, 2.45) is 0 Å². The van der Waals surface area contributed by atoms with E-state index in [1.54, 1.807) is 6.20 Å². The molecule has 2 aromatic heterocycles. The zero-order chi connectivity index (χ0) is 15.9. The fourth-order valence-corrected chi connectivity index (χ4v) is 2.34. The van der Waals surface area contributed by atoms with Gasteiger partial charge in [0.1, 0.15) is 0 Å². The van der Waals surface area contributed by atoms with E-state index in [4.69, 9.17) is 0 Å². The van der Waals surface area contributed by atoms with Gasteiger partial charge in [-0.05, 0) is 44.4 Å². The Bertz CT molecular complexity index is 621. The number of hydrogen-bond donors (Lipinski definition) is 2.